The van der Waals surface area contributed by atoms with Crippen molar-refractivity contribution < 1.29 is 9.53 Å². The van der Waals surface area contributed by atoms with Gasteiger partial charge in [-0.15, -0.1) is 11.3 Å². The highest BCUT2D eigenvalue weighted by Crippen LogP contribution is 2.23. The maximum absolute atomic E-state index is 12.3. The number of hydrogen-bond donors (Lipinski definition) is 0. The Morgan fingerprint density at radius 3 is 2.95 bits per heavy atom. The van der Waals surface area contributed by atoms with Gasteiger partial charge in [0.05, 0.1) is 18.0 Å². The lowest BCUT2D eigenvalue weighted by Gasteiger charge is -2.32. The van der Waals surface area contributed by atoms with Gasteiger partial charge in [0.25, 0.3) is 5.91 Å². The maximum atomic E-state index is 12.3. The van der Waals surface area contributed by atoms with Crippen molar-refractivity contribution in [3.05, 3.63) is 52.5 Å². The fourth-order valence-corrected chi connectivity index (χ4v) is 2.86. The molecule has 19 heavy (non-hydrogen) atoms. The summed E-state index contributed by atoms with van der Waals surface area (Å²) in [5.74, 6) is 0.0948. The average Bonchev–Trinajstić information content (AvgIpc) is 3.02. The molecule has 0 radical (unpaired) electrons. The van der Waals surface area contributed by atoms with E-state index in [9.17, 15) is 4.79 Å². The Labute approximate surface area is 115 Å². The number of thiophene rings is 1. The van der Waals surface area contributed by atoms with Crippen molar-refractivity contribution >= 4 is 17.2 Å². The molecule has 2 aromatic rings. The average molecular weight is 274 g/mol. The number of ether oxygens (including phenoxy) is 1. The van der Waals surface area contributed by atoms with Crippen LogP contribution < -0.4 is 0 Å². The highest BCUT2D eigenvalue weighted by Gasteiger charge is 2.26. The summed E-state index contributed by atoms with van der Waals surface area (Å²) in [4.78, 5) is 19.0. The van der Waals surface area contributed by atoms with Crippen LogP contribution in [0.4, 0.5) is 0 Å². The first-order valence-corrected chi connectivity index (χ1v) is 7.07. The fraction of sp³-hybridized carbons (Fsp3) is 0.286. The topological polar surface area (TPSA) is 42.4 Å². The minimum absolute atomic E-state index is 0.0549. The lowest BCUT2D eigenvalue weighted by Crippen LogP contribution is -2.42. The molecule has 0 N–H and O–H groups in total. The highest BCUT2D eigenvalue weighted by molar-refractivity contribution is 7.12. The summed E-state index contributed by atoms with van der Waals surface area (Å²) in [6.07, 6.45) is 3.44. The van der Waals surface area contributed by atoms with Crippen molar-refractivity contribution in [1.82, 2.24) is 9.88 Å². The van der Waals surface area contributed by atoms with Crippen molar-refractivity contribution in [2.75, 3.05) is 19.7 Å². The summed E-state index contributed by atoms with van der Waals surface area (Å²) in [5.41, 5.74) is 1.07. The minimum atomic E-state index is -0.0549. The molecule has 98 valence electrons. The van der Waals surface area contributed by atoms with Crippen LogP contribution in [-0.4, -0.2) is 35.5 Å². The van der Waals surface area contributed by atoms with E-state index in [-0.39, 0.29) is 12.0 Å². The molecule has 3 heterocycles. The molecule has 1 aliphatic heterocycles. The molecule has 0 saturated carbocycles. The maximum Gasteiger partial charge on any atom is 0.264 e. The summed E-state index contributed by atoms with van der Waals surface area (Å²) in [6, 6.07) is 7.64. The van der Waals surface area contributed by atoms with E-state index in [4.69, 9.17) is 4.74 Å². The monoisotopic (exact) mass is 274 g/mol. The van der Waals surface area contributed by atoms with Gasteiger partial charge in [-0.05, 0) is 29.1 Å². The molecule has 0 unspecified atom stereocenters. The van der Waals surface area contributed by atoms with Crippen LogP contribution in [0.15, 0.2) is 42.0 Å². The van der Waals surface area contributed by atoms with Crippen LogP contribution in [-0.2, 0) is 4.74 Å². The third-order valence-corrected chi connectivity index (χ3v) is 4.02. The Morgan fingerprint density at radius 2 is 2.21 bits per heavy atom. The van der Waals surface area contributed by atoms with Crippen LogP contribution in [0.1, 0.15) is 21.3 Å². The van der Waals surface area contributed by atoms with Crippen molar-refractivity contribution in [2.45, 2.75) is 6.10 Å². The lowest BCUT2D eigenvalue weighted by molar-refractivity contribution is -0.0226. The van der Waals surface area contributed by atoms with Crippen LogP contribution in [0.2, 0.25) is 0 Å². The van der Waals surface area contributed by atoms with Gasteiger partial charge >= 0.3 is 0 Å². The van der Waals surface area contributed by atoms with Crippen molar-refractivity contribution in [3.8, 4) is 0 Å². The van der Waals surface area contributed by atoms with Gasteiger partial charge in [-0.3, -0.25) is 9.78 Å². The van der Waals surface area contributed by atoms with E-state index in [1.165, 1.54) is 11.3 Å². The molecule has 0 bridgehead atoms. The molecule has 0 spiro atoms. The Morgan fingerprint density at radius 1 is 1.37 bits per heavy atom. The van der Waals surface area contributed by atoms with E-state index < -0.39 is 0 Å². The fourth-order valence-electron chi connectivity index (χ4n) is 2.17. The zero-order valence-corrected chi connectivity index (χ0v) is 11.2. The number of carbonyl (C=O) groups is 1. The quantitative estimate of drug-likeness (QED) is 0.844. The molecular weight excluding hydrogens is 260 g/mol. The Balaban J connectivity index is 1.73. The zero-order valence-electron chi connectivity index (χ0n) is 10.4. The predicted octanol–water partition coefficient (Wildman–Crippen LogP) is 2.36. The second kappa shape index (κ2) is 5.50. The molecule has 3 rings (SSSR count). The molecule has 5 heteroatoms. The standard InChI is InChI=1S/C14H14N2O2S/c17-14(13-2-1-9-19-13)16-7-8-18-12(10-16)11-3-5-15-6-4-11/h1-6,9,12H,7-8,10H2/t12-/m1/s1. The first kappa shape index (κ1) is 12.3. The van der Waals surface area contributed by atoms with E-state index >= 15 is 0 Å². The van der Waals surface area contributed by atoms with E-state index in [2.05, 4.69) is 4.98 Å². The molecule has 1 atom stereocenters. The number of rotatable bonds is 2. The van der Waals surface area contributed by atoms with Gasteiger partial charge in [0, 0.05) is 18.9 Å². The first-order valence-electron chi connectivity index (χ1n) is 6.19. The predicted molar refractivity (Wildman–Crippen MR) is 73.2 cm³/mol. The van der Waals surface area contributed by atoms with E-state index in [0.29, 0.717) is 19.7 Å². The summed E-state index contributed by atoms with van der Waals surface area (Å²) >= 11 is 1.48. The molecule has 1 aliphatic rings. The van der Waals surface area contributed by atoms with Gasteiger partial charge in [0.15, 0.2) is 0 Å². The van der Waals surface area contributed by atoms with Crippen molar-refractivity contribution in [3.63, 3.8) is 0 Å². The first-order chi connectivity index (χ1) is 9.34. The molecular formula is C14H14N2O2S. The number of hydrogen-bond acceptors (Lipinski definition) is 4. The van der Waals surface area contributed by atoms with E-state index in [1.807, 2.05) is 34.5 Å². The molecule has 1 fully saturated rings. The number of amides is 1. The van der Waals surface area contributed by atoms with Gasteiger partial charge in [0.1, 0.15) is 6.10 Å². The summed E-state index contributed by atoms with van der Waals surface area (Å²) in [6.45, 7) is 1.82. The highest BCUT2D eigenvalue weighted by atomic mass is 32.1. The largest absolute Gasteiger partial charge is 0.370 e. The SMILES string of the molecule is O=C(c1cccs1)N1CCO[C@@H](c2ccncc2)C1. The molecule has 1 saturated heterocycles. The summed E-state index contributed by atoms with van der Waals surface area (Å²) < 4.78 is 5.74. The molecule has 0 aliphatic carbocycles. The lowest BCUT2D eigenvalue weighted by atomic mass is 10.1. The van der Waals surface area contributed by atoms with Crippen LogP contribution in [0.5, 0.6) is 0 Å². The van der Waals surface area contributed by atoms with Gasteiger partial charge in [-0.1, -0.05) is 6.07 Å². The molecule has 4 nitrogen and oxygen atoms in total. The Kier molecular flexibility index (Phi) is 3.57. The van der Waals surface area contributed by atoms with Crippen LogP contribution >= 0.6 is 11.3 Å². The second-order valence-electron chi connectivity index (χ2n) is 4.37. The number of pyridine rings is 1. The van der Waals surface area contributed by atoms with Gasteiger partial charge in [-0.2, -0.15) is 0 Å². The summed E-state index contributed by atoms with van der Waals surface area (Å²) in [5, 5.41) is 1.92. The Hall–Kier alpha value is -1.72. The molecule has 0 aromatic carbocycles. The number of morpholine rings is 1. The molecule has 2 aromatic heterocycles. The third-order valence-electron chi connectivity index (χ3n) is 3.16. The van der Waals surface area contributed by atoms with Crippen LogP contribution in [0.3, 0.4) is 0 Å². The van der Waals surface area contributed by atoms with Crippen LogP contribution in [0.25, 0.3) is 0 Å². The zero-order chi connectivity index (χ0) is 13.1. The molecule has 1 amide bonds. The van der Waals surface area contributed by atoms with E-state index in [0.717, 1.165) is 10.4 Å². The van der Waals surface area contributed by atoms with Crippen molar-refractivity contribution in [2.24, 2.45) is 0 Å². The summed E-state index contributed by atoms with van der Waals surface area (Å²) in [7, 11) is 0. The van der Waals surface area contributed by atoms with Gasteiger partial charge in [-0.25, -0.2) is 0 Å². The van der Waals surface area contributed by atoms with E-state index in [1.54, 1.807) is 12.4 Å². The number of nitrogens with zero attached hydrogens (tertiary/aromatic N) is 2. The van der Waals surface area contributed by atoms with Gasteiger partial charge in [0.2, 0.25) is 0 Å². The number of carbonyl (C=O) groups excluding carboxylic acids is 1. The second-order valence-corrected chi connectivity index (χ2v) is 5.32. The third kappa shape index (κ3) is 2.67. The minimum Gasteiger partial charge on any atom is -0.370 e. The van der Waals surface area contributed by atoms with Crippen molar-refractivity contribution in [1.29, 1.82) is 0 Å². The number of aromatic nitrogens is 1. The van der Waals surface area contributed by atoms with Crippen LogP contribution in [0, 0.1) is 0 Å². The normalized spacial score (nSPS) is 19.4. The van der Waals surface area contributed by atoms with Gasteiger partial charge < -0.3 is 9.64 Å². The smallest absolute Gasteiger partial charge is 0.264 e. The Bertz CT molecular complexity index is 542.